The normalized spacial score (nSPS) is 27.3. The van der Waals surface area contributed by atoms with Crippen LogP contribution >= 0.6 is 0 Å². The van der Waals surface area contributed by atoms with Crippen molar-refractivity contribution in [3.63, 3.8) is 0 Å². The van der Waals surface area contributed by atoms with Gasteiger partial charge >= 0.3 is 5.97 Å². The van der Waals surface area contributed by atoms with E-state index in [0.717, 1.165) is 32.1 Å². The minimum Gasteiger partial charge on any atom is -0.455 e. The Morgan fingerprint density at radius 2 is 1.88 bits per heavy atom. The summed E-state index contributed by atoms with van der Waals surface area (Å²) in [6.07, 6.45) is 9.62. The van der Waals surface area contributed by atoms with Gasteiger partial charge in [-0.15, -0.1) is 13.2 Å². The van der Waals surface area contributed by atoms with Crippen LogP contribution in [0.3, 0.4) is 0 Å². The number of carbonyl (C=O) groups is 4. The van der Waals surface area contributed by atoms with Crippen molar-refractivity contribution in [2.75, 3.05) is 33.4 Å². The Morgan fingerprint density at radius 1 is 1.12 bits per heavy atom. The number of allylic oxidation sites excluding steroid dienone is 1. The molecule has 1 aromatic carbocycles. The van der Waals surface area contributed by atoms with Crippen molar-refractivity contribution in [1.29, 1.82) is 0 Å². The molecule has 2 bridgehead atoms. The van der Waals surface area contributed by atoms with Crippen LogP contribution in [0.5, 0.6) is 0 Å². The number of ether oxygens (including phenoxy) is 3. The first-order valence-electron chi connectivity index (χ1n) is 18.0. The van der Waals surface area contributed by atoms with E-state index >= 15 is 0 Å². The molecule has 11 heteroatoms. The van der Waals surface area contributed by atoms with Crippen molar-refractivity contribution < 1.29 is 38.5 Å². The van der Waals surface area contributed by atoms with Crippen molar-refractivity contribution in [3.05, 3.63) is 61.2 Å². The average molecular weight is 680 g/mol. The quantitative estimate of drug-likeness (QED) is 0.136. The van der Waals surface area contributed by atoms with E-state index in [4.69, 9.17) is 14.2 Å². The third kappa shape index (κ3) is 7.64. The van der Waals surface area contributed by atoms with E-state index in [9.17, 15) is 24.3 Å². The molecule has 0 radical (unpaired) electrons. The summed E-state index contributed by atoms with van der Waals surface area (Å²) in [5, 5.41) is 12.5. The summed E-state index contributed by atoms with van der Waals surface area (Å²) >= 11 is 0. The highest BCUT2D eigenvalue weighted by molar-refractivity contribution is 5.98. The molecular weight excluding hydrogens is 626 g/mol. The lowest BCUT2D eigenvalue weighted by Crippen LogP contribution is -2.58. The molecule has 0 unspecified atom stereocenters. The summed E-state index contributed by atoms with van der Waals surface area (Å²) in [7, 11) is 1.52. The Labute approximate surface area is 290 Å². The van der Waals surface area contributed by atoms with E-state index in [1.165, 1.54) is 7.11 Å². The molecule has 3 aliphatic heterocycles. The van der Waals surface area contributed by atoms with Crippen LogP contribution < -0.4 is 5.32 Å². The van der Waals surface area contributed by atoms with Gasteiger partial charge in [0.25, 0.3) is 0 Å². The van der Waals surface area contributed by atoms with Crippen LogP contribution in [-0.2, 0) is 33.4 Å². The molecule has 1 saturated carbocycles. The van der Waals surface area contributed by atoms with E-state index < -0.39 is 47.7 Å². The zero-order valence-electron chi connectivity index (χ0n) is 28.8. The minimum atomic E-state index is -1.16. The highest BCUT2D eigenvalue weighted by Gasteiger charge is 2.75. The monoisotopic (exact) mass is 679 g/mol. The first-order chi connectivity index (χ1) is 23.8. The molecule has 49 heavy (non-hydrogen) atoms. The molecule has 5 rings (SSSR count). The topological polar surface area (TPSA) is 135 Å². The Hall–Kier alpha value is -3.54. The number of rotatable bonds is 18. The van der Waals surface area contributed by atoms with Crippen LogP contribution in [0.25, 0.3) is 0 Å². The number of methoxy groups -OCH3 is 1. The minimum absolute atomic E-state index is 0.0267. The van der Waals surface area contributed by atoms with Gasteiger partial charge in [0.1, 0.15) is 17.7 Å². The number of hydrogen-bond acceptors (Lipinski definition) is 8. The number of unbranched alkanes of at least 4 members (excludes halogenated alkanes) is 1. The van der Waals surface area contributed by atoms with E-state index in [2.05, 4.69) is 18.5 Å². The van der Waals surface area contributed by atoms with Crippen molar-refractivity contribution in [2.45, 2.75) is 107 Å². The number of benzene rings is 1. The van der Waals surface area contributed by atoms with Gasteiger partial charge in [-0.25, -0.2) is 0 Å². The summed E-state index contributed by atoms with van der Waals surface area (Å²) in [4.78, 5) is 59.9. The van der Waals surface area contributed by atoms with Gasteiger partial charge in [0.2, 0.25) is 17.7 Å². The zero-order chi connectivity index (χ0) is 35.0. The Balaban J connectivity index is 1.46. The Kier molecular flexibility index (Phi) is 12.7. The number of likely N-dealkylation sites (tertiary alicyclic amines) is 1. The molecule has 1 spiro atoms. The molecule has 4 aliphatic rings. The molecule has 1 aliphatic carbocycles. The predicted octanol–water partition coefficient (Wildman–Crippen LogP) is 3.86. The summed E-state index contributed by atoms with van der Waals surface area (Å²) < 4.78 is 18.5. The lowest BCUT2D eigenvalue weighted by molar-refractivity contribution is -0.163. The molecule has 11 nitrogen and oxygen atoms in total. The van der Waals surface area contributed by atoms with Crippen LogP contribution in [0.4, 0.5) is 0 Å². The smallest absolute Gasteiger partial charge is 0.313 e. The largest absolute Gasteiger partial charge is 0.455 e. The maximum atomic E-state index is 14.7. The summed E-state index contributed by atoms with van der Waals surface area (Å²) in [6, 6.07) is 7.63. The zero-order valence-corrected chi connectivity index (χ0v) is 28.8. The third-order valence-electron chi connectivity index (χ3n) is 10.7. The number of aliphatic hydroxyl groups is 1. The fourth-order valence-electron chi connectivity index (χ4n) is 8.57. The van der Waals surface area contributed by atoms with Gasteiger partial charge in [0.05, 0.1) is 30.6 Å². The van der Waals surface area contributed by atoms with Gasteiger partial charge in [-0.2, -0.15) is 0 Å². The van der Waals surface area contributed by atoms with Crippen LogP contribution in [0.15, 0.2) is 55.6 Å². The van der Waals surface area contributed by atoms with Gasteiger partial charge in [0, 0.05) is 39.3 Å². The maximum Gasteiger partial charge on any atom is 0.313 e. The van der Waals surface area contributed by atoms with Crippen LogP contribution in [0, 0.1) is 11.8 Å². The fraction of sp³-hybridized carbons (Fsp3) is 0.632. The summed E-state index contributed by atoms with van der Waals surface area (Å²) in [6.45, 7) is 8.31. The number of nitrogens with one attached hydrogen (secondary N) is 1. The summed E-state index contributed by atoms with van der Waals surface area (Å²) in [5.41, 5.74) is -0.493. The Bertz CT molecular complexity index is 1330. The number of hydrogen-bond donors (Lipinski definition) is 2. The number of amides is 3. The number of esters is 1. The predicted molar refractivity (Wildman–Crippen MR) is 183 cm³/mol. The number of fused-ring (bicyclic) bond motifs is 1. The van der Waals surface area contributed by atoms with Crippen LogP contribution in [0.2, 0.25) is 0 Å². The molecule has 3 heterocycles. The highest BCUT2D eigenvalue weighted by Crippen LogP contribution is 2.59. The van der Waals surface area contributed by atoms with E-state index in [-0.39, 0.29) is 49.9 Å². The first kappa shape index (κ1) is 36.7. The second-order valence-electron chi connectivity index (χ2n) is 13.8. The first-order valence-corrected chi connectivity index (χ1v) is 18.0. The maximum absolute atomic E-state index is 14.7. The number of nitrogens with zero attached hydrogens (tertiary/aromatic N) is 2. The lowest BCUT2D eigenvalue weighted by atomic mass is 9.70. The van der Waals surface area contributed by atoms with Crippen LogP contribution in [-0.4, -0.2) is 102 Å². The molecule has 1 aromatic rings. The van der Waals surface area contributed by atoms with Gasteiger partial charge in [-0.05, 0) is 50.5 Å². The number of carbonyl (C=O) groups excluding carboxylic acids is 4. The number of aliphatic hydroxyl groups excluding tert-OH is 1. The van der Waals surface area contributed by atoms with Crippen molar-refractivity contribution >= 4 is 23.7 Å². The summed E-state index contributed by atoms with van der Waals surface area (Å²) in [5.74, 6) is -3.09. The second-order valence-corrected chi connectivity index (χ2v) is 13.8. The molecule has 268 valence electrons. The second kappa shape index (κ2) is 16.9. The lowest BCUT2D eigenvalue weighted by Gasteiger charge is -2.40. The van der Waals surface area contributed by atoms with Crippen molar-refractivity contribution in [3.8, 4) is 0 Å². The molecule has 7 atom stereocenters. The van der Waals surface area contributed by atoms with E-state index in [0.29, 0.717) is 44.2 Å². The SMILES string of the molecule is C=CCCC(=O)N[C@@H](COC)[C@@H](OC(=O)[C@@H]1[C@@H]2CC[C@]3(O2)[C@H](C(=O)N(CC=C)C2CCCCC2)N(CCCCO)C(=O)[C@@H]13)c1ccccc1. The molecular formula is C38H53N3O8. The average Bonchev–Trinajstić information content (AvgIpc) is 3.76. The highest BCUT2D eigenvalue weighted by atomic mass is 16.6. The molecule has 3 saturated heterocycles. The van der Waals surface area contributed by atoms with Gasteiger partial charge in [-0.3, -0.25) is 19.2 Å². The van der Waals surface area contributed by atoms with E-state index in [1.807, 2.05) is 35.2 Å². The van der Waals surface area contributed by atoms with Crippen molar-refractivity contribution in [1.82, 2.24) is 15.1 Å². The Morgan fingerprint density at radius 3 is 2.55 bits per heavy atom. The van der Waals surface area contributed by atoms with Gasteiger partial charge in [0.15, 0.2) is 0 Å². The van der Waals surface area contributed by atoms with Gasteiger partial charge < -0.3 is 34.4 Å². The fourth-order valence-corrected chi connectivity index (χ4v) is 8.57. The third-order valence-corrected chi connectivity index (χ3v) is 10.7. The molecule has 4 fully saturated rings. The molecule has 0 aromatic heterocycles. The van der Waals surface area contributed by atoms with Gasteiger partial charge in [-0.1, -0.05) is 61.7 Å². The standard InChI is InChI=1S/C38H53N3O8/c1-4-6-19-30(43)39-28(25-47-3)33(26-15-9-7-10-16-26)48-37(46)31-29-20-21-38(49-29)32(31)35(44)41(23-13-14-24-42)34(38)36(45)40(22-5-2)27-17-11-8-12-18-27/h4-5,7,9-10,15-16,27-29,31-34,42H,1-2,6,8,11-14,17-25H2,3H3,(H,39,43)/t28-,29-,31+,32+,33-,34-,38+/m0/s1. The van der Waals surface area contributed by atoms with Crippen molar-refractivity contribution in [2.24, 2.45) is 11.8 Å². The van der Waals surface area contributed by atoms with E-state index in [1.54, 1.807) is 17.1 Å². The molecule has 3 amide bonds. The van der Waals surface area contributed by atoms with Crippen LogP contribution in [0.1, 0.15) is 82.3 Å². The molecule has 2 N–H and O–H groups in total.